The van der Waals surface area contributed by atoms with Crippen molar-refractivity contribution in [2.24, 2.45) is 0 Å². The zero-order chi connectivity index (χ0) is 15.1. The molecule has 4 rings (SSSR count). The Morgan fingerprint density at radius 3 is 2.59 bits per heavy atom. The molecule has 0 bridgehead atoms. The summed E-state index contributed by atoms with van der Waals surface area (Å²) < 4.78 is 1.99. The molecule has 0 saturated carbocycles. The van der Waals surface area contributed by atoms with Gasteiger partial charge >= 0.3 is 0 Å². The number of nitrogens with one attached hydrogen (secondary N) is 1. The minimum atomic E-state index is 0.707. The first-order valence-electron chi connectivity index (χ1n) is 7.15. The number of aryl methyl sites for hydroxylation is 2. The highest BCUT2D eigenvalue weighted by atomic mass is 15.1. The van der Waals surface area contributed by atoms with Gasteiger partial charge in [-0.2, -0.15) is 0 Å². The van der Waals surface area contributed by atoms with Gasteiger partial charge in [0.05, 0.1) is 5.39 Å². The Morgan fingerprint density at radius 1 is 1.05 bits per heavy atom. The smallest absolute Gasteiger partial charge is 0.163 e. The van der Waals surface area contributed by atoms with Gasteiger partial charge in [-0.15, -0.1) is 0 Å². The van der Waals surface area contributed by atoms with Crippen LogP contribution in [-0.2, 0) is 0 Å². The Hall–Kier alpha value is -2.95. The van der Waals surface area contributed by atoms with Gasteiger partial charge in [-0.3, -0.25) is 4.57 Å². The van der Waals surface area contributed by atoms with Crippen molar-refractivity contribution in [2.75, 3.05) is 0 Å². The zero-order valence-corrected chi connectivity index (χ0v) is 12.4. The first-order chi connectivity index (χ1) is 10.7. The maximum Gasteiger partial charge on any atom is 0.163 e. The predicted octanol–water partition coefficient (Wildman–Crippen LogP) is 3.43. The Labute approximate surface area is 127 Å². The lowest BCUT2D eigenvalue weighted by molar-refractivity contribution is 0.937. The van der Waals surface area contributed by atoms with Crippen LogP contribution in [0.15, 0.2) is 48.8 Å². The monoisotopic (exact) mass is 289 g/mol. The molecule has 3 heterocycles. The van der Waals surface area contributed by atoms with E-state index in [0.717, 1.165) is 33.9 Å². The molecule has 22 heavy (non-hydrogen) atoms. The van der Waals surface area contributed by atoms with Crippen molar-refractivity contribution in [3.8, 4) is 17.2 Å². The standard InChI is InChI=1S/C17H15N5/c1-11-10-14-16(19-11)20-15(13-6-4-3-5-7-13)21-17(14)22-9-8-18-12(22)2/h3-10H,1-2H3,(H,19,20,21). The third kappa shape index (κ3) is 1.98. The molecule has 0 radical (unpaired) electrons. The van der Waals surface area contributed by atoms with Crippen LogP contribution in [0.25, 0.3) is 28.2 Å². The van der Waals surface area contributed by atoms with Crippen LogP contribution in [0, 0.1) is 13.8 Å². The molecule has 0 atom stereocenters. The summed E-state index contributed by atoms with van der Waals surface area (Å²) in [6, 6.07) is 12.1. The van der Waals surface area contributed by atoms with E-state index in [1.807, 2.05) is 54.9 Å². The van der Waals surface area contributed by atoms with Gasteiger partial charge in [0.1, 0.15) is 11.5 Å². The van der Waals surface area contributed by atoms with E-state index >= 15 is 0 Å². The van der Waals surface area contributed by atoms with Gasteiger partial charge in [0, 0.05) is 23.7 Å². The zero-order valence-electron chi connectivity index (χ0n) is 12.4. The van der Waals surface area contributed by atoms with E-state index < -0.39 is 0 Å². The molecule has 108 valence electrons. The molecule has 5 nitrogen and oxygen atoms in total. The van der Waals surface area contributed by atoms with Gasteiger partial charge in [-0.25, -0.2) is 15.0 Å². The molecule has 4 aromatic rings. The molecule has 1 aromatic carbocycles. The number of rotatable bonds is 2. The van der Waals surface area contributed by atoms with E-state index in [1.165, 1.54) is 0 Å². The molecule has 0 aliphatic rings. The average molecular weight is 289 g/mol. The summed E-state index contributed by atoms with van der Waals surface area (Å²) in [5, 5.41) is 0.998. The number of aromatic nitrogens is 5. The predicted molar refractivity (Wildman–Crippen MR) is 85.9 cm³/mol. The topological polar surface area (TPSA) is 59.4 Å². The molecule has 0 saturated heterocycles. The highest BCUT2D eigenvalue weighted by molar-refractivity contribution is 5.85. The molecule has 0 fully saturated rings. The first kappa shape index (κ1) is 12.8. The lowest BCUT2D eigenvalue weighted by Gasteiger charge is -2.08. The minimum absolute atomic E-state index is 0.707. The van der Waals surface area contributed by atoms with Crippen molar-refractivity contribution in [3.63, 3.8) is 0 Å². The third-order valence-electron chi connectivity index (χ3n) is 3.69. The number of fused-ring (bicyclic) bond motifs is 1. The summed E-state index contributed by atoms with van der Waals surface area (Å²) in [5.74, 6) is 2.46. The molecule has 0 aliphatic carbocycles. The summed E-state index contributed by atoms with van der Waals surface area (Å²) in [5.41, 5.74) is 2.90. The van der Waals surface area contributed by atoms with Crippen LogP contribution in [0.3, 0.4) is 0 Å². The summed E-state index contributed by atoms with van der Waals surface area (Å²) >= 11 is 0. The summed E-state index contributed by atoms with van der Waals surface area (Å²) in [4.78, 5) is 17.1. The van der Waals surface area contributed by atoms with E-state index in [-0.39, 0.29) is 0 Å². The average Bonchev–Trinajstić information content (AvgIpc) is 3.11. The fourth-order valence-corrected chi connectivity index (χ4v) is 2.63. The van der Waals surface area contributed by atoms with Crippen LogP contribution in [0.4, 0.5) is 0 Å². The molecule has 1 N–H and O–H groups in total. The van der Waals surface area contributed by atoms with Crippen LogP contribution in [0.2, 0.25) is 0 Å². The second kappa shape index (κ2) is 4.80. The minimum Gasteiger partial charge on any atom is -0.343 e. The molecule has 0 spiro atoms. The number of H-pyrrole nitrogens is 1. The van der Waals surface area contributed by atoms with Crippen LogP contribution in [0.5, 0.6) is 0 Å². The summed E-state index contributed by atoms with van der Waals surface area (Å²) in [6.45, 7) is 3.99. The quantitative estimate of drug-likeness (QED) is 0.615. The van der Waals surface area contributed by atoms with E-state index in [1.54, 1.807) is 6.20 Å². The van der Waals surface area contributed by atoms with Crippen molar-refractivity contribution in [3.05, 3.63) is 60.3 Å². The number of hydrogen-bond acceptors (Lipinski definition) is 3. The summed E-state index contributed by atoms with van der Waals surface area (Å²) in [7, 11) is 0. The summed E-state index contributed by atoms with van der Waals surface area (Å²) in [6.07, 6.45) is 3.71. The largest absolute Gasteiger partial charge is 0.343 e. The van der Waals surface area contributed by atoms with Crippen molar-refractivity contribution >= 4 is 11.0 Å². The van der Waals surface area contributed by atoms with E-state index in [0.29, 0.717) is 5.82 Å². The fourth-order valence-electron chi connectivity index (χ4n) is 2.63. The fraction of sp³-hybridized carbons (Fsp3) is 0.118. The Bertz CT molecular complexity index is 950. The first-order valence-corrected chi connectivity index (χ1v) is 7.15. The Balaban J connectivity index is 2.04. The normalized spacial score (nSPS) is 11.2. The molecule has 0 aliphatic heterocycles. The van der Waals surface area contributed by atoms with Crippen molar-refractivity contribution in [2.45, 2.75) is 13.8 Å². The molecular formula is C17H15N5. The second-order valence-electron chi connectivity index (χ2n) is 5.30. The van der Waals surface area contributed by atoms with Gasteiger partial charge in [0.25, 0.3) is 0 Å². The number of imidazole rings is 1. The van der Waals surface area contributed by atoms with E-state index in [2.05, 4.69) is 21.0 Å². The lowest BCUT2D eigenvalue weighted by Crippen LogP contribution is -2.02. The van der Waals surface area contributed by atoms with Crippen LogP contribution < -0.4 is 0 Å². The number of aromatic amines is 1. The van der Waals surface area contributed by atoms with Crippen LogP contribution in [0.1, 0.15) is 11.5 Å². The van der Waals surface area contributed by atoms with Crippen molar-refractivity contribution < 1.29 is 0 Å². The number of benzene rings is 1. The molecule has 0 amide bonds. The lowest BCUT2D eigenvalue weighted by atomic mass is 10.2. The van der Waals surface area contributed by atoms with Crippen molar-refractivity contribution in [1.82, 2.24) is 24.5 Å². The molecular weight excluding hydrogens is 274 g/mol. The van der Waals surface area contributed by atoms with Crippen LogP contribution in [-0.4, -0.2) is 24.5 Å². The van der Waals surface area contributed by atoms with Gasteiger partial charge < -0.3 is 4.98 Å². The number of hydrogen-bond donors (Lipinski definition) is 1. The highest BCUT2D eigenvalue weighted by Crippen LogP contribution is 2.25. The second-order valence-corrected chi connectivity index (χ2v) is 5.30. The molecule has 0 unspecified atom stereocenters. The third-order valence-corrected chi connectivity index (χ3v) is 3.69. The number of nitrogens with zero attached hydrogens (tertiary/aromatic N) is 4. The molecule has 5 heteroatoms. The van der Waals surface area contributed by atoms with E-state index in [4.69, 9.17) is 4.98 Å². The highest BCUT2D eigenvalue weighted by Gasteiger charge is 2.14. The maximum atomic E-state index is 4.78. The van der Waals surface area contributed by atoms with Gasteiger partial charge in [0.15, 0.2) is 11.6 Å². The van der Waals surface area contributed by atoms with Crippen molar-refractivity contribution in [1.29, 1.82) is 0 Å². The molecule has 3 aromatic heterocycles. The van der Waals surface area contributed by atoms with E-state index in [9.17, 15) is 0 Å². The van der Waals surface area contributed by atoms with Gasteiger partial charge in [-0.05, 0) is 19.9 Å². The Kier molecular flexibility index (Phi) is 2.79. The van der Waals surface area contributed by atoms with Crippen LogP contribution >= 0.6 is 0 Å². The van der Waals surface area contributed by atoms with Gasteiger partial charge in [0.2, 0.25) is 0 Å². The Morgan fingerprint density at radius 2 is 1.86 bits per heavy atom. The maximum absolute atomic E-state index is 4.78. The van der Waals surface area contributed by atoms with Gasteiger partial charge in [-0.1, -0.05) is 30.3 Å². The SMILES string of the molecule is Cc1cc2c(-n3ccnc3C)nc(-c3ccccc3)nc2[nH]1.